The second kappa shape index (κ2) is 4.01. The van der Waals surface area contributed by atoms with Crippen molar-refractivity contribution in [1.82, 2.24) is 0 Å². The average molecular weight is 237 g/mol. The number of hydrogen-bond acceptors (Lipinski definition) is 3. The maximum Gasteiger partial charge on any atom is 0.250 e. The molecule has 0 saturated heterocycles. The highest BCUT2D eigenvalue weighted by Gasteiger charge is 2.30. The lowest BCUT2D eigenvalue weighted by Crippen LogP contribution is -2.46. The molecule has 0 fully saturated rings. The summed E-state index contributed by atoms with van der Waals surface area (Å²) in [5.41, 5.74) is 0.500. The van der Waals surface area contributed by atoms with Crippen molar-refractivity contribution in [1.29, 1.82) is 5.26 Å². The van der Waals surface area contributed by atoms with E-state index in [0.29, 0.717) is 5.69 Å². The third-order valence-electron chi connectivity index (χ3n) is 2.57. The number of fused-ring (bicyclic) bond motifs is 1. The fourth-order valence-electron chi connectivity index (χ4n) is 1.76. The molecule has 1 aromatic carbocycles. The highest BCUT2D eigenvalue weighted by molar-refractivity contribution is 6.04. The van der Waals surface area contributed by atoms with Gasteiger partial charge in [-0.25, -0.2) is 8.78 Å². The van der Waals surface area contributed by atoms with Crippen LogP contribution in [0.25, 0.3) is 0 Å². The first-order chi connectivity index (χ1) is 8.04. The molecule has 88 valence electrons. The fourth-order valence-corrected chi connectivity index (χ4v) is 1.76. The summed E-state index contributed by atoms with van der Waals surface area (Å²) < 4.78 is 26.2. The number of hydrogen-bond donors (Lipinski definition) is 1. The number of nitrogens with one attached hydrogen (secondary N) is 1. The van der Waals surface area contributed by atoms with Gasteiger partial charge >= 0.3 is 0 Å². The molecule has 1 aromatic rings. The number of carbonyl (C=O) groups excluding carboxylic acids is 1. The summed E-state index contributed by atoms with van der Waals surface area (Å²) in [5.74, 6) is -2.38. The van der Waals surface area contributed by atoms with Gasteiger partial charge in [0.05, 0.1) is 17.4 Å². The Morgan fingerprint density at radius 3 is 2.76 bits per heavy atom. The highest BCUT2D eigenvalue weighted by atomic mass is 19.2. The Morgan fingerprint density at radius 1 is 1.47 bits per heavy atom. The largest absolute Gasteiger partial charge is 0.372 e. The second-order valence-electron chi connectivity index (χ2n) is 3.73. The van der Waals surface area contributed by atoms with Crippen molar-refractivity contribution in [2.75, 3.05) is 16.8 Å². The van der Waals surface area contributed by atoms with E-state index in [2.05, 4.69) is 5.32 Å². The molecule has 1 N–H and O–H groups in total. The van der Waals surface area contributed by atoms with Gasteiger partial charge in [-0.15, -0.1) is 0 Å². The van der Waals surface area contributed by atoms with E-state index in [4.69, 9.17) is 5.26 Å². The number of halogens is 2. The predicted molar refractivity (Wildman–Crippen MR) is 57.4 cm³/mol. The minimum atomic E-state index is -1.05. The first-order valence-corrected chi connectivity index (χ1v) is 4.98. The normalized spacial score (nSPS) is 18.4. The summed E-state index contributed by atoms with van der Waals surface area (Å²) in [6.07, 6.45) is 0. The van der Waals surface area contributed by atoms with E-state index >= 15 is 0 Å². The number of anilines is 2. The van der Waals surface area contributed by atoms with Crippen LogP contribution in [0.15, 0.2) is 12.1 Å². The van der Waals surface area contributed by atoms with E-state index in [1.165, 1.54) is 0 Å². The maximum atomic E-state index is 13.1. The quantitative estimate of drug-likeness (QED) is 0.755. The molecule has 1 heterocycles. The van der Waals surface area contributed by atoms with Crippen molar-refractivity contribution in [3.63, 3.8) is 0 Å². The van der Waals surface area contributed by atoms with Crippen LogP contribution in [0.3, 0.4) is 0 Å². The molecule has 0 bridgehead atoms. The molecule has 6 heteroatoms. The van der Waals surface area contributed by atoms with Gasteiger partial charge in [0, 0.05) is 12.1 Å². The van der Waals surface area contributed by atoms with Crippen LogP contribution in [0.2, 0.25) is 0 Å². The van der Waals surface area contributed by atoms with Crippen LogP contribution in [0, 0.1) is 23.0 Å². The molecule has 4 nitrogen and oxygen atoms in total. The zero-order valence-corrected chi connectivity index (χ0v) is 9.00. The van der Waals surface area contributed by atoms with Crippen LogP contribution in [-0.2, 0) is 4.79 Å². The molecular formula is C11H9F2N3O. The number of nitriles is 1. The van der Waals surface area contributed by atoms with Crippen LogP contribution in [-0.4, -0.2) is 18.5 Å². The first kappa shape index (κ1) is 11.3. The smallest absolute Gasteiger partial charge is 0.250 e. The van der Waals surface area contributed by atoms with Crippen LogP contribution in [0.5, 0.6) is 0 Å². The fraction of sp³-hybridized carbons (Fsp3) is 0.273. The lowest BCUT2D eigenvalue weighted by molar-refractivity contribution is -0.119. The molecule has 17 heavy (non-hydrogen) atoms. The molecule has 0 aliphatic carbocycles. The van der Waals surface area contributed by atoms with Crippen molar-refractivity contribution in [3.8, 4) is 6.07 Å². The Balaban J connectivity index is 2.54. The van der Waals surface area contributed by atoms with E-state index < -0.39 is 17.7 Å². The third kappa shape index (κ3) is 1.80. The molecule has 2 rings (SSSR count). The van der Waals surface area contributed by atoms with Gasteiger partial charge in [0.1, 0.15) is 12.6 Å². The SMILES string of the molecule is CC1Nc2cc(F)c(F)cc2N(CC#N)C1=O. The summed E-state index contributed by atoms with van der Waals surface area (Å²) in [6.45, 7) is 1.40. The Morgan fingerprint density at radius 2 is 2.12 bits per heavy atom. The van der Waals surface area contributed by atoms with Crippen molar-refractivity contribution in [3.05, 3.63) is 23.8 Å². The van der Waals surface area contributed by atoms with Gasteiger partial charge < -0.3 is 5.32 Å². The average Bonchev–Trinajstić information content (AvgIpc) is 2.28. The topological polar surface area (TPSA) is 56.1 Å². The summed E-state index contributed by atoms with van der Waals surface area (Å²) >= 11 is 0. The van der Waals surface area contributed by atoms with E-state index in [1.807, 2.05) is 6.07 Å². The Bertz CT molecular complexity index is 524. The van der Waals surface area contributed by atoms with Crippen LogP contribution in [0.4, 0.5) is 20.2 Å². The van der Waals surface area contributed by atoms with E-state index in [0.717, 1.165) is 17.0 Å². The summed E-state index contributed by atoms with van der Waals surface area (Å²) in [5, 5.41) is 11.4. The van der Waals surface area contributed by atoms with Gasteiger partial charge in [-0.05, 0) is 6.92 Å². The Kier molecular flexibility index (Phi) is 2.68. The van der Waals surface area contributed by atoms with Gasteiger partial charge in [-0.3, -0.25) is 9.69 Å². The zero-order valence-electron chi connectivity index (χ0n) is 9.00. The van der Waals surface area contributed by atoms with Gasteiger partial charge in [-0.1, -0.05) is 0 Å². The number of rotatable bonds is 1. The van der Waals surface area contributed by atoms with Gasteiger partial charge in [-0.2, -0.15) is 5.26 Å². The first-order valence-electron chi connectivity index (χ1n) is 4.98. The summed E-state index contributed by atoms with van der Waals surface area (Å²) in [4.78, 5) is 12.9. The Labute approximate surface area is 96.4 Å². The van der Waals surface area contributed by atoms with Crippen molar-refractivity contribution in [2.24, 2.45) is 0 Å². The van der Waals surface area contributed by atoms with Crippen molar-refractivity contribution in [2.45, 2.75) is 13.0 Å². The van der Waals surface area contributed by atoms with Crippen LogP contribution in [0.1, 0.15) is 6.92 Å². The lowest BCUT2D eigenvalue weighted by atomic mass is 10.1. The lowest BCUT2D eigenvalue weighted by Gasteiger charge is -2.32. The zero-order chi connectivity index (χ0) is 12.6. The number of nitrogens with zero attached hydrogens (tertiary/aromatic N) is 2. The second-order valence-corrected chi connectivity index (χ2v) is 3.73. The minimum absolute atomic E-state index is 0.188. The molecular weight excluding hydrogens is 228 g/mol. The molecule has 0 saturated carbocycles. The monoisotopic (exact) mass is 237 g/mol. The maximum absolute atomic E-state index is 13.1. The van der Waals surface area contributed by atoms with E-state index in [-0.39, 0.29) is 18.1 Å². The minimum Gasteiger partial charge on any atom is -0.372 e. The molecule has 1 unspecified atom stereocenters. The third-order valence-corrected chi connectivity index (χ3v) is 2.57. The predicted octanol–water partition coefficient (Wildman–Crippen LogP) is 1.64. The molecule has 1 amide bonds. The van der Waals surface area contributed by atoms with Crippen molar-refractivity contribution < 1.29 is 13.6 Å². The molecule has 1 atom stereocenters. The number of amides is 1. The number of carbonyl (C=O) groups is 1. The van der Waals surface area contributed by atoms with Crippen LogP contribution < -0.4 is 10.2 Å². The standard InChI is InChI=1S/C11H9F2N3O/c1-6-11(17)16(3-2-14)10-5-8(13)7(12)4-9(10)15-6/h4-6,15H,3H2,1H3. The summed E-state index contributed by atoms with van der Waals surface area (Å²) in [6, 6.07) is 3.16. The van der Waals surface area contributed by atoms with Gasteiger partial charge in [0.2, 0.25) is 5.91 Å². The van der Waals surface area contributed by atoms with Crippen molar-refractivity contribution >= 4 is 17.3 Å². The van der Waals surface area contributed by atoms with Crippen LogP contribution >= 0.6 is 0 Å². The summed E-state index contributed by atoms with van der Waals surface area (Å²) in [7, 11) is 0. The molecule has 1 aliphatic heterocycles. The Hall–Kier alpha value is -2.16. The van der Waals surface area contributed by atoms with Gasteiger partial charge in [0.15, 0.2) is 11.6 Å². The number of benzene rings is 1. The molecule has 0 aromatic heterocycles. The highest BCUT2D eigenvalue weighted by Crippen LogP contribution is 2.33. The van der Waals surface area contributed by atoms with E-state index in [9.17, 15) is 13.6 Å². The molecule has 0 spiro atoms. The van der Waals surface area contributed by atoms with E-state index in [1.54, 1.807) is 6.92 Å². The molecule has 0 radical (unpaired) electrons. The van der Waals surface area contributed by atoms with Gasteiger partial charge in [0.25, 0.3) is 0 Å². The molecule has 1 aliphatic rings.